The van der Waals surface area contributed by atoms with Gasteiger partial charge in [0.1, 0.15) is 11.9 Å². The van der Waals surface area contributed by atoms with Gasteiger partial charge < -0.3 is 10.4 Å². The van der Waals surface area contributed by atoms with E-state index in [2.05, 4.69) is 5.32 Å². The van der Waals surface area contributed by atoms with E-state index in [0.29, 0.717) is 0 Å². The molecular weight excluding hydrogens is 206 g/mol. The number of nitrogens with one attached hydrogen (secondary N) is 1. The van der Waals surface area contributed by atoms with Crippen LogP contribution in [0, 0.1) is 5.92 Å². The third-order valence-electron chi connectivity index (χ3n) is 2.58. The SMILES string of the molecule is O=C(CCl)NC(C(=O)O)C1CCCC1. The van der Waals surface area contributed by atoms with E-state index in [9.17, 15) is 9.59 Å². The van der Waals surface area contributed by atoms with Crippen molar-refractivity contribution in [2.24, 2.45) is 5.92 Å². The monoisotopic (exact) mass is 219 g/mol. The van der Waals surface area contributed by atoms with Crippen LogP contribution in [0.4, 0.5) is 0 Å². The molecule has 1 amide bonds. The Labute approximate surface area is 87.6 Å². The lowest BCUT2D eigenvalue weighted by molar-refractivity contribution is -0.143. The third-order valence-corrected chi connectivity index (χ3v) is 2.82. The highest BCUT2D eigenvalue weighted by Gasteiger charge is 2.31. The van der Waals surface area contributed by atoms with E-state index in [-0.39, 0.29) is 11.8 Å². The predicted octanol–water partition coefficient (Wildman–Crippen LogP) is 0.985. The number of aliphatic carboxylic acids is 1. The minimum absolute atomic E-state index is 0.0691. The first-order valence-electron chi connectivity index (χ1n) is 4.73. The Bertz CT molecular complexity index is 226. The van der Waals surface area contributed by atoms with Gasteiger partial charge in [-0.25, -0.2) is 4.79 Å². The highest BCUT2D eigenvalue weighted by atomic mass is 35.5. The molecule has 0 spiro atoms. The number of hydrogen-bond acceptors (Lipinski definition) is 2. The van der Waals surface area contributed by atoms with Gasteiger partial charge in [0.25, 0.3) is 0 Å². The van der Waals surface area contributed by atoms with Crippen LogP contribution in [-0.4, -0.2) is 28.9 Å². The summed E-state index contributed by atoms with van der Waals surface area (Å²) in [5.74, 6) is -1.49. The number of rotatable bonds is 4. The number of carboxylic acids is 1. The minimum atomic E-state index is -0.963. The average Bonchev–Trinajstić information content (AvgIpc) is 2.65. The molecule has 2 N–H and O–H groups in total. The minimum Gasteiger partial charge on any atom is -0.480 e. The number of carboxylic acid groups (broad SMARTS) is 1. The van der Waals surface area contributed by atoms with Crippen molar-refractivity contribution in [3.63, 3.8) is 0 Å². The predicted molar refractivity (Wildman–Crippen MR) is 52.2 cm³/mol. The van der Waals surface area contributed by atoms with Crippen molar-refractivity contribution in [3.05, 3.63) is 0 Å². The summed E-state index contributed by atoms with van der Waals surface area (Å²) in [6.45, 7) is 0. The molecule has 80 valence electrons. The molecule has 1 saturated carbocycles. The number of carbonyl (C=O) groups is 2. The van der Waals surface area contributed by atoms with Crippen LogP contribution >= 0.6 is 11.6 Å². The van der Waals surface area contributed by atoms with Crippen molar-refractivity contribution in [1.29, 1.82) is 0 Å². The third kappa shape index (κ3) is 2.87. The molecule has 1 aliphatic carbocycles. The van der Waals surface area contributed by atoms with Crippen LogP contribution in [0.1, 0.15) is 25.7 Å². The van der Waals surface area contributed by atoms with E-state index in [1.54, 1.807) is 0 Å². The molecule has 14 heavy (non-hydrogen) atoms. The second-order valence-electron chi connectivity index (χ2n) is 3.56. The Morgan fingerprint density at radius 2 is 2.00 bits per heavy atom. The topological polar surface area (TPSA) is 66.4 Å². The largest absolute Gasteiger partial charge is 0.480 e. The van der Waals surface area contributed by atoms with E-state index in [0.717, 1.165) is 25.7 Å². The van der Waals surface area contributed by atoms with Crippen molar-refractivity contribution in [3.8, 4) is 0 Å². The summed E-state index contributed by atoms with van der Waals surface area (Å²) in [7, 11) is 0. The van der Waals surface area contributed by atoms with E-state index in [4.69, 9.17) is 16.7 Å². The van der Waals surface area contributed by atoms with E-state index < -0.39 is 17.9 Å². The zero-order chi connectivity index (χ0) is 10.6. The Balaban J connectivity index is 2.54. The van der Waals surface area contributed by atoms with Gasteiger partial charge in [-0.15, -0.1) is 11.6 Å². The van der Waals surface area contributed by atoms with Crippen LogP contribution in [0.25, 0.3) is 0 Å². The molecule has 0 aliphatic heterocycles. The van der Waals surface area contributed by atoms with Crippen LogP contribution < -0.4 is 5.32 Å². The number of hydrogen-bond donors (Lipinski definition) is 2. The molecule has 4 nitrogen and oxygen atoms in total. The molecule has 0 radical (unpaired) electrons. The van der Waals surface area contributed by atoms with E-state index >= 15 is 0 Å². The molecule has 0 aromatic carbocycles. The average molecular weight is 220 g/mol. The van der Waals surface area contributed by atoms with Crippen LogP contribution in [0.15, 0.2) is 0 Å². The zero-order valence-electron chi connectivity index (χ0n) is 7.83. The smallest absolute Gasteiger partial charge is 0.326 e. The first kappa shape index (κ1) is 11.3. The van der Waals surface area contributed by atoms with Crippen molar-refractivity contribution in [1.82, 2.24) is 5.32 Å². The van der Waals surface area contributed by atoms with Crippen LogP contribution in [0.2, 0.25) is 0 Å². The van der Waals surface area contributed by atoms with Crippen molar-refractivity contribution in [2.75, 3.05) is 5.88 Å². The van der Waals surface area contributed by atoms with Gasteiger partial charge >= 0.3 is 5.97 Å². The van der Waals surface area contributed by atoms with Gasteiger partial charge in [-0.1, -0.05) is 12.8 Å². The molecule has 1 atom stereocenters. The highest BCUT2D eigenvalue weighted by molar-refractivity contribution is 6.27. The fraction of sp³-hybridized carbons (Fsp3) is 0.778. The maximum absolute atomic E-state index is 11.0. The summed E-state index contributed by atoms with van der Waals surface area (Å²) < 4.78 is 0. The van der Waals surface area contributed by atoms with Crippen molar-refractivity contribution in [2.45, 2.75) is 31.7 Å². The summed E-state index contributed by atoms with van der Waals surface area (Å²) in [5, 5.41) is 11.4. The summed E-state index contributed by atoms with van der Waals surface area (Å²) in [5.41, 5.74) is 0. The summed E-state index contributed by atoms with van der Waals surface area (Å²) in [6, 6.07) is -0.760. The zero-order valence-corrected chi connectivity index (χ0v) is 8.59. The van der Waals surface area contributed by atoms with E-state index in [1.165, 1.54) is 0 Å². The lowest BCUT2D eigenvalue weighted by Crippen LogP contribution is -2.45. The second kappa shape index (κ2) is 5.20. The molecule has 0 heterocycles. The number of alkyl halides is 1. The van der Waals surface area contributed by atoms with Crippen LogP contribution in [-0.2, 0) is 9.59 Å². The maximum Gasteiger partial charge on any atom is 0.326 e. The highest BCUT2D eigenvalue weighted by Crippen LogP contribution is 2.27. The fourth-order valence-electron chi connectivity index (χ4n) is 1.88. The Morgan fingerprint density at radius 3 is 2.43 bits per heavy atom. The van der Waals surface area contributed by atoms with Gasteiger partial charge in [-0.2, -0.15) is 0 Å². The molecule has 1 rings (SSSR count). The van der Waals surface area contributed by atoms with Crippen molar-refractivity contribution >= 4 is 23.5 Å². The maximum atomic E-state index is 11.0. The van der Waals surface area contributed by atoms with Gasteiger partial charge in [0.05, 0.1) is 0 Å². The second-order valence-corrected chi connectivity index (χ2v) is 3.83. The first-order chi connectivity index (χ1) is 6.65. The van der Waals surface area contributed by atoms with E-state index in [1.807, 2.05) is 0 Å². The molecule has 0 saturated heterocycles. The summed E-state index contributed by atoms with van der Waals surface area (Å²) in [6.07, 6.45) is 3.84. The molecule has 1 unspecified atom stereocenters. The molecule has 0 bridgehead atoms. The summed E-state index contributed by atoms with van der Waals surface area (Å²) >= 11 is 5.30. The Hall–Kier alpha value is -0.770. The van der Waals surface area contributed by atoms with Gasteiger partial charge in [0.2, 0.25) is 5.91 Å². The Morgan fingerprint density at radius 1 is 1.43 bits per heavy atom. The normalized spacial score (nSPS) is 19.2. The van der Waals surface area contributed by atoms with Gasteiger partial charge in [-0.05, 0) is 18.8 Å². The number of halogens is 1. The standard InChI is InChI=1S/C9H14ClNO3/c10-5-7(12)11-8(9(13)14)6-3-1-2-4-6/h6,8H,1-5H2,(H,11,12)(H,13,14). The molecule has 5 heteroatoms. The lowest BCUT2D eigenvalue weighted by Gasteiger charge is -2.19. The molecule has 1 fully saturated rings. The van der Waals surface area contributed by atoms with Crippen LogP contribution in [0.5, 0.6) is 0 Å². The van der Waals surface area contributed by atoms with Gasteiger partial charge in [0.15, 0.2) is 0 Å². The molecule has 0 aromatic heterocycles. The molecule has 0 aromatic rings. The van der Waals surface area contributed by atoms with Crippen LogP contribution in [0.3, 0.4) is 0 Å². The number of amides is 1. The molecule has 1 aliphatic rings. The lowest BCUT2D eigenvalue weighted by atomic mass is 9.98. The fourth-order valence-corrected chi connectivity index (χ4v) is 1.96. The van der Waals surface area contributed by atoms with Gasteiger partial charge in [0, 0.05) is 0 Å². The molecular formula is C9H14ClNO3. The van der Waals surface area contributed by atoms with Gasteiger partial charge in [-0.3, -0.25) is 4.79 Å². The summed E-state index contributed by atoms with van der Waals surface area (Å²) in [4.78, 5) is 21.9. The Kier molecular flexibility index (Phi) is 4.20. The number of carbonyl (C=O) groups excluding carboxylic acids is 1. The van der Waals surface area contributed by atoms with Crippen molar-refractivity contribution < 1.29 is 14.7 Å². The quantitative estimate of drug-likeness (QED) is 0.693. The first-order valence-corrected chi connectivity index (χ1v) is 5.26.